The van der Waals surface area contributed by atoms with Gasteiger partial charge >= 0.3 is 6.18 Å². The molecule has 0 aliphatic rings. The first-order valence-corrected chi connectivity index (χ1v) is 4.66. The van der Waals surface area contributed by atoms with Gasteiger partial charge in [0.15, 0.2) is 0 Å². The van der Waals surface area contributed by atoms with Crippen LogP contribution < -0.4 is 5.32 Å². The van der Waals surface area contributed by atoms with Gasteiger partial charge in [-0.1, -0.05) is 6.08 Å². The Hall–Kier alpha value is -1.52. The highest BCUT2D eigenvalue weighted by Crippen LogP contribution is 2.32. The van der Waals surface area contributed by atoms with Crippen LogP contribution in [0.3, 0.4) is 0 Å². The molecular weight excluding hydrogens is 222 g/mol. The highest BCUT2D eigenvalue weighted by atomic mass is 19.4. The third kappa shape index (κ3) is 3.25. The minimum Gasteiger partial charge on any atom is -0.385 e. The van der Waals surface area contributed by atoms with Crippen LogP contribution in [0.4, 0.5) is 23.2 Å². The lowest BCUT2D eigenvalue weighted by atomic mass is 10.2. The lowest BCUT2D eigenvalue weighted by Gasteiger charge is -2.11. The maximum absolute atomic E-state index is 12.9. The minimum atomic E-state index is -4.67. The molecule has 5 heteroatoms. The summed E-state index contributed by atoms with van der Waals surface area (Å²) < 4.78 is 49.9. The Morgan fingerprint density at radius 1 is 1.31 bits per heavy atom. The Balaban J connectivity index is 2.85. The molecule has 0 heterocycles. The molecule has 1 aromatic carbocycles. The maximum Gasteiger partial charge on any atom is 0.419 e. The van der Waals surface area contributed by atoms with Crippen molar-refractivity contribution >= 4 is 5.69 Å². The number of benzene rings is 1. The maximum atomic E-state index is 12.9. The van der Waals surface area contributed by atoms with E-state index in [0.29, 0.717) is 13.0 Å². The number of halogens is 4. The van der Waals surface area contributed by atoms with Gasteiger partial charge in [-0.05, 0) is 24.6 Å². The van der Waals surface area contributed by atoms with Gasteiger partial charge in [-0.15, -0.1) is 6.58 Å². The van der Waals surface area contributed by atoms with Gasteiger partial charge in [0.2, 0.25) is 0 Å². The van der Waals surface area contributed by atoms with Gasteiger partial charge in [0.05, 0.1) is 5.56 Å². The van der Waals surface area contributed by atoms with Crippen LogP contribution in [0.2, 0.25) is 0 Å². The van der Waals surface area contributed by atoms with Crippen LogP contribution in [0, 0.1) is 5.82 Å². The summed E-state index contributed by atoms with van der Waals surface area (Å²) in [6.07, 6.45) is -2.40. The van der Waals surface area contributed by atoms with E-state index in [-0.39, 0.29) is 5.69 Å². The molecule has 0 fully saturated rings. The topological polar surface area (TPSA) is 12.0 Å². The number of anilines is 1. The molecule has 1 rings (SSSR count). The molecule has 0 radical (unpaired) electrons. The molecule has 1 aromatic rings. The zero-order chi connectivity index (χ0) is 12.2. The van der Waals surface area contributed by atoms with Crippen LogP contribution in [0.5, 0.6) is 0 Å². The Morgan fingerprint density at radius 3 is 2.56 bits per heavy atom. The molecule has 0 saturated carbocycles. The van der Waals surface area contributed by atoms with Gasteiger partial charge in [-0.25, -0.2) is 4.39 Å². The predicted octanol–water partition coefficient (Wildman–Crippen LogP) is 3.83. The van der Waals surface area contributed by atoms with Crippen molar-refractivity contribution < 1.29 is 17.6 Å². The smallest absolute Gasteiger partial charge is 0.385 e. The summed E-state index contributed by atoms with van der Waals surface area (Å²) in [5.41, 5.74) is -1.01. The summed E-state index contributed by atoms with van der Waals surface area (Å²) in [5, 5.41) is 2.75. The minimum absolute atomic E-state index is 0.246. The first-order chi connectivity index (χ1) is 7.45. The monoisotopic (exact) mass is 233 g/mol. The number of nitrogens with one attached hydrogen (secondary N) is 1. The second-order valence-corrected chi connectivity index (χ2v) is 3.20. The second-order valence-electron chi connectivity index (χ2n) is 3.20. The summed E-state index contributed by atoms with van der Waals surface area (Å²) in [6.45, 7) is 3.95. The molecule has 0 aromatic heterocycles. The van der Waals surface area contributed by atoms with Gasteiger partial charge < -0.3 is 5.32 Å². The first-order valence-electron chi connectivity index (χ1n) is 4.66. The largest absolute Gasteiger partial charge is 0.419 e. The van der Waals surface area contributed by atoms with Crippen LogP contribution >= 0.6 is 0 Å². The Labute approximate surface area is 90.8 Å². The van der Waals surface area contributed by atoms with E-state index < -0.39 is 17.6 Å². The second kappa shape index (κ2) is 5.01. The van der Waals surface area contributed by atoms with Crippen molar-refractivity contribution in [1.82, 2.24) is 0 Å². The molecular formula is C11H11F4N. The van der Waals surface area contributed by atoms with Crippen LogP contribution in [-0.2, 0) is 6.18 Å². The van der Waals surface area contributed by atoms with Gasteiger partial charge in [-0.3, -0.25) is 0 Å². The number of rotatable bonds is 4. The molecule has 16 heavy (non-hydrogen) atoms. The van der Waals surface area contributed by atoms with E-state index in [2.05, 4.69) is 11.9 Å². The van der Waals surface area contributed by atoms with Gasteiger partial charge in [-0.2, -0.15) is 13.2 Å². The average Bonchev–Trinajstić information content (AvgIpc) is 2.19. The normalized spacial score (nSPS) is 11.2. The molecule has 0 spiro atoms. The molecule has 0 amide bonds. The van der Waals surface area contributed by atoms with E-state index in [1.54, 1.807) is 6.08 Å². The fraction of sp³-hybridized carbons (Fsp3) is 0.273. The molecule has 1 N–H and O–H groups in total. The fourth-order valence-electron chi connectivity index (χ4n) is 1.17. The van der Waals surface area contributed by atoms with Crippen LogP contribution in [0.1, 0.15) is 12.0 Å². The lowest BCUT2D eigenvalue weighted by molar-refractivity contribution is -0.139. The third-order valence-electron chi connectivity index (χ3n) is 1.95. The summed E-state index contributed by atoms with van der Waals surface area (Å²) in [4.78, 5) is 0. The third-order valence-corrected chi connectivity index (χ3v) is 1.95. The zero-order valence-corrected chi connectivity index (χ0v) is 8.44. The number of hydrogen-bond donors (Lipinski definition) is 1. The molecule has 88 valence electrons. The van der Waals surface area contributed by atoms with Gasteiger partial charge in [0.1, 0.15) is 5.82 Å². The van der Waals surface area contributed by atoms with E-state index >= 15 is 0 Å². The summed E-state index contributed by atoms with van der Waals surface area (Å²) in [7, 11) is 0. The SMILES string of the molecule is C=CCCNc1ccc(F)c(C(F)(F)F)c1. The van der Waals surface area contributed by atoms with E-state index in [1.165, 1.54) is 6.07 Å². The Morgan fingerprint density at radius 2 is 2.00 bits per heavy atom. The van der Waals surface area contributed by atoms with Crippen molar-refractivity contribution in [2.24, 2.45) is 0 Å². The number of alkyl halides is 3. The van der Waals surface area contributed by atoms with Crippen molar-refractivity contribution in [3.8, 4) is 0 Å². The van der Waals surface area contributed by atoms with Crippen LogP contribution in [0.15, 0.2) is 30.9 Å². The average molecular weight is 233 g/mol. The van der Waals surface area contributed by atoms with Crippen molar-refractivity contribution in [2.75, 3.05) is 11.9 Å². The van der Waals surface area contributed by atoms with Crippen LogP contribution in [-0.4, -0.2) is 6.54 Å². The van der Waals surface area contributed by atoms with E-state index in [1.807, 2.05) is 0 Å². The standard InChI is InChI=1S/C11H11F4N/c1-2-3-6-16-8-4-5-10(12)9(7-8)11(13,14)15/h2,4-5,7,16H,1,3,6H2. The molecule has 1 nitrogen and oxygen atoms in total. The molecule has 0 atom stereocenters. The Bertz CT molecular complexity index is 371. The summed E-state index contributed by atoms with van der Waals surface area (Å²) >= 11 is 0. The number of hydrogen-bond acceptors (Lipinski definition) is 1. The van der Waals surface area contributed by atoms with E-state index in [4.69, 9.17) is 0 Å². The molecule has 0 saturated heterocycles. The van der Waals surface area contributed by atoms with Crippen LogP contribution in [0.25, 0.3) is 0 Å². The first kappa shape index (κ1) is 12.5. The van der Waals surface area contributed by atoms with E-state index in [9.17, 15) is 17.6 Å². The quantitative estimate of drug-likeness (QED) is 0.473. The van der Waals surface area contributed by atoms with E-state index in [0.717, 1.165) is 12.1 Å². The Kier molecular flexibility index (Phi) is 3.93. The van der Waals surface area contributed by atoms with Crippen molar-refractivity contribution in [3.63, 3.8) is 0 Å². The van der Waals surface area contributed by atoms with Gasteiger partial charge in [0, 0.05) is 12.2 Å². The predicted molar refractivity (Wildman–Crippen MR) is 54.7 cm³/mol. The van der Waals surface area contributed by atoms with Crippen molar-refractivity contribution in [3.05, 3.63) is 42.2 Å². The zero-order valence-electron chi connectivity index (χ0n) is 8.44. The molecule has 0 unspecified atom stereocenters. The fourth-order valence-corrected chi connectivity index (χ4v) is 1.17. The summed E-state index contributed by atoms with van der Waals surface area (Å²) in [6, 6.07) is 2.84. The summed E-state index contributed by atoms with van der Waals surface area (Å²) in [5.74, 6) is -1.26. The highest BCUT2D eigenvalue weighted by Gasteiger charge is 2.34. The molecule has 0 aliphatic carbocycles. The molecule has 0 bridgehead atoms. The van der Waals surface area contributed by atoms with Gasteiger partial charge in [0.25, 0.3) is 0 Å². The van der Waals surface area contributed by atoms with Crippen molar-refractivity contribution in [1.29, 1.82) is 0 Å². The lowest BCUT2D eigenvalue weighted by Crippen LogP contribution is -2.09. The molecule has 0 aliphatic heterocycles. The van der Waals surface area contributed by atoms with Crippen molar-refractivity contribution in [2.45, 2.75) is 12.6 Å². The highest BCUT2D eigenvalue weighted by molar-refractivity contribution is 5.47.